The molecule has 1 N–H and O–H groups in total. The molecule has 0 spiro atoms. The largest absolute Gasteiger partial charge is 0.493 e. The van der Waals surface area contributed by atoms with E-state index in [0.717, 1.165) is 22.1 Å². The summed E-state index contributed by atoms with van der Waals surface area (Å²) in [7, 11) is 3.25. The van der Waals surface area contributed by atoms with Crippen LogP contribution in [0.3, 0.4) is 0 Å². The highest BCUT2D eigenvalue weighted by Crippen LogP contribution is 2.38. The first-order valence-electron chi connectivity index (χ1n) is 7.98. The fourth-order valence-corrected chi connectivity index (χ4v) is 3.16. The van der Waals surface area contributed by atoms with E-state index in [1.165, 1.54) is 0 Å². The average molecular weight is 394 g/mol. The zero-order chi connectivity index (χ0) is 17.5. The molecule has 24 heavy (non-hydrogen) atoms. The van der Waals surface area contributed by atoms with Gasteiger partial charge in [-0.1, -0.05) is 31.2 Å². The SMILES string of the molecule is CCC(O)CN(Cc1ccc(OC)c(OC)c1Br)c1ccccc1. The van der Waals surface area contributed by atoms with Crippen LogP contribution < -0.4 is 14.4 Å². The molecule has 1 unspecified atom stereocenters. The van der Waals surface area contributed by atoms with Gasteiger partial charge in [-0.25, -0.2) is 0 Å². The van der Waals surface area contributed by atoms with Crippen LogP contribution in [0.5, 0.6) is 11.5 Å². The molecule has 1 atom stereocenters. The normalized spacial score (nSPS) is 11.9. The fraction of sp³-hybridized carbons (Fsp3) is 0.368. The highest BCUT2D eigenvalue weighted by atomic mass is 79.9. The average Bonchev–Trinajstić information content (AvgIpc) is 2.62. The third-order valence-electron chi connectivity index (χ3n) is 3.95. The molecular weight excluding hydrogens is 370 g/mol. The van der Waals surface area contributed by atoms with Crippen LogP contribution in [-0.2, 0) is 6.54 Å². The first kappa shape index (κ1) is 18.6. The number of para-hydroxylation sites is 1. The van der Waals surface area contributed by atoms with Crippen molar-refractivity contribution < 1.29 is 14.6 Å². The number of hydrogen-bond acceptors (Lipinski definition) is 4. The minimum Gasteiger partial charge on any atom is -0.493 e. The van der Waals surface area contributed by atoms with Crippen molar-refractivity contribution in [2.75, 3.05) is 25.7 Å². The number of hydrogen-bond donors (Lipinski definition) is 1. The molecule has 5 heteroatoms. The van der Waals surface area contributed by atoms with Gasteiger partial charge in [0, 0.05) is 18.8 Å². The number of rotatable bonds is 8. The Bertz CT molecular complexity index is 649. The summed E-state index contributed by atoms with van der Waals surface area (Å²) in [5, 5.41) is 10.1. The Labute approximate surface area is 152 Å². The van der Waals surface area contributed by atoms with Gasteiger partial charge in [0.25, 0.3) is 0 Å². The molecule has 4 nitrogen and oxygen atoms in total. The number of benzene rings is 2. The summed E-state index contributed by atoms with van der Waals surface area (Å²) in [6.07, 6.45) is 0.348. The Morgan fingerprint density at radius 2 is 1.79 bits per heavy atom. The monoisotopic (exact) mass is 393 g/mol. The van der Waals surface area contributed by atoms with E-state index in [-0.39, 0.29) is 6.10 Å². The van der Waals surface area contributed by atoms with E-state index in [1.54, 1.807) is 14.2 Å². The molecule has 0 aliphatic rings. The minimum absolute atomic E-state index is 0.371. The van der Waals surface area contributed by atoms with Gasteiger partial charge < -0.3 is 19.5 Å². The number of ether oxygens (including phenoxy) is 2. The van der Waals surface area contributed by atoms with Crippen molar-refractivity contribution in [3.8, 4) is 11.5 Å². The van der Waals surface area contributed by atoms with Crippen LogP contribution in [0.1, 0.15) is 18.9 Å². The van der Waals surface area contributed by atoms with Crippen LogP contribution in [0.4, 0.5) is 5.69 Å². The van der Waals surface area contributed by atoms with Crippen molar-refractivity contribution in [3.05, 3.63) is 52.5 Å². The van der Waals surface area contributed by atoms with Crippen molar-refractivity contribution in [2.24, 2.45) is 0 Å². The predicted octanol–water partition coefficient (Wildman–Crippen LogP) is 4.24. The summed E-state index contributed by atoms with van der Waals surface area (Å²) >= 11 is 3.62. The van der Waals surface area contributed by atoms with Gasteiger partial charge in [-0.05, 0) is 46.1 Å². The molecule has 0 heterocycles. The summed E-state index contributed by atoms with van der Waals surface area (Å²) in [4.78, 5) is 2.17. The van der Waals surface area contributed by atoms with E-state index in [4.69, 9.17) is 9.47 Å². The summed E-state index contributed by atoms with van der Waals surface area (Å²) in [6.45, 7) is 3.21. The van der Waals surface area contributed by atoms with E-state index in [0.29, 0.717) is 24.6 Å². The number of aliphatic hydroxyl groups excluding tert-OH is 1. The van der Waals surface area contributed by atoms with Crippen LogP contribution >= 0.6 is 15.9 Å². The summed E-state index contributed by atoms with van der Waals surface area (Å²) in [6, 6.07) is 14.0. The summed E-state index contributed by atoms with van der Waals surface area (Å²) in [5.41, 5.74) is 2.14. The lowest BCUT2D eigenvalue weighted by Crippen LogP contribution is -2.31. The molecule has 0 radical (unpaired) electrons. The molecule has 0 saturated carbocycles. The van der Waals surface area contributed by atoms with Gasteiger partial charge in [0.15, 0.2) is 11.5 Å². The van der Waals surface area contributed by atoms with Crippen molar-refractivity contribution in [1.29, 1.82) is 0 Å². The Morgan fingerprint density at radius 1 is 1.08 bits per heavy atom. The Kier molecular flexibility index (Phi) is 6.94. The zero-order valence-corrected chi connectivity index (χ0v) is 15.9. The zero-order valence-electron chi connectivity index (χ0n) is 14.3. The van der Waals surface area contributed by atoms with Gasteiger partial charge in [-0.2, -0.15) is 0 Å². The van der Waals surface area contributed by atoms with E-state index in [1.807, 2.05) is 37.3 Å². The van der Waals surface area contributed by atoms with Crippen LogP contribution in [0.15, 0.2) is 46.9 Å². The van der Waals surface area contributed by atoms with E-state index < -0.39 is 0 Å². The van der Waals surface area contributed by atoms with Gasteiger partial charge >= 0.3 is 0 Å². The summed E-state index contributed by atoms with van der Waals surface area (Å²) < 4.78 is 11.7. The topological polar surface area (TPSA) is 41.9 Å². The summed E-state index contributed by atoms with van der Waals surface area (Å²) in [5.74, 6) is 1.37. The number of aliphatic hydroxyl groups is 1. The molecule has 0 amide bonds. The van der Waals surface area contributed by atoms with E-state index >= 15 is 0 Å². The smallest absolute Gasteiger partial charge is 0.175 e. The van der Waals surface area contributed by atoms with Gasteiger partial charge in [0.05, 0.1) is 24.8 Å². The maximum Gasteiger partial charge on any atom is 0.175 e. The quantitative estimate of drug-likeness (QED) is 0.727. The predicted molar refractivity (Wildman–Crippen MR) is 101 cm³/mol. The third-order valence-corrected chi connectivity index (χ3v) is 4.82. The van der Waals surface area contributed by atoms with E-state index in [9.17, 15) is 5.11 Å². The van der Waals surface area contributed by atoms with E-state index in [2.05, 4.69) is 33.0 Å². The highest BCUT2D eigenvalue weighted by molar-refractivity contribution is 9.10. The first-order chi connectivity index (χ1) is 11.6. The Balaban J connectivity index is 2.32. The molecule has 0 saturated heterocycles. The van der Waals surface area contributed by atoms with Crippen LogP contribution in [-0.4, -0.2) is 32.0 Å². The molecule has 130 valence electrons. The third kappa shape index (κ3) is 4.42. The van der Waals surface area contributed by atoms with Crippen LogP contribution in [0.2, 0.25) is 0 Å². The fourth-order valence-electron chi connectivity index (χ4n) is 2.54. The lowest BCUT2D eigenvalue weighted by atomic mass is 10.1. The first-order valence-corrected chi connectivity index (χ1v) is 8.77. The molecular formula is C19H24BrNO3. The molecule has 0 aliphatic carbocycles. The molecule has 2 aromatic carbocycles. The number of anilines is 1. The minimum atomic E-state index is -0.371. The second-order valence-corrected chi connectivity index (χ2v) is 6.35. The van der Waals surface area contributed by atoms with Crippen molar-refractivity contribution >= 4 is 21.6 Å². The van der Waals surface area contributed by atoms with Crippen molar-refractivity contribution in [1.82, 2.24) is 0 Å². The molecule has 0 aromatic heterocycles. The highest BCUT2D eigenvalue weighted by Gasteiger charge is 2.17. The van der Waals surface area contributed by atoms with Gasteiger partial charge in [-0.15, -0.1) is 0 Å². The molecule has 0 fully saturated rings. The van der Waals surface area contributed by atoms with Gasteiger partial charge in [0.1, 0.15) is 0 Å². The van der Waals surface area contributed by atoms with Crippen LogP contribution in [0, 0.1) is 0 Å². The second kappa shape index (κ2) is 8.94. The molecule has 0 bridgehead atoms. The van der Waals surface area contributed by atoms with Crippen molar-refractivity contribution in [2.45, 2.75) is 26.0 Å². The number of methoxy groups -OCH3 is 2. The lowest BCUT2D eigenvalue weighted by Gasteiger charge is -2.28. The maximum atomic E-state index is 10.1. The molecule has 2 aromatic rings. The Morgan fingerprint density at radius 3 is 2.38 bits per heavy atom. The molecule has 2 rings (SSSR count). The lowest BCUT2D eigenvalue weighted by molar-refractivity contribution is 0.175. The van der Waals surface area contributed by atoms with Gasteiger partial charge in [0.2, 0.25) is 0 Å². The van der Waals surface area contributed by atoms with Crippen molar-refractivity contribution in [3.63, 3.8) is 0 Å². The number of halogens is 1. The molecule has 0 aliphatic heterocycles. The van der Waals surface area contributed by atoms with Gasteiger partial charge in [-0.3, -0.25) is 0 Å². The van der Waals surface area contributed by atoms with Crippen LogP contribution in [0.25, 0.3) is 0 Å². The standard InChI is InChI=1S/C19H24BrNO3/c1-4-16(22)13-21(15-8-6-5-7-9-15)12-14-10-11-17(23-2)19(24-3)18(14)20/h5-11,16,22H,4,12-13H2,1-3H3. The maximum absolute atomic E-state index is 10.1. The Hall–Kier alpha value is -1.72. The second-order valence-electron chi connectivity index (χ2n) is 5.55. The number of nitrogens with zero attached hydrogens (tertiary/aromatic N) is 1.